The van der Waals surface area contributed by atoms with Gasteiger partial charge < -0.3 is 21.7 Å². The zero-order valence-electron chi connectivity index (χ0n) is 17.7. The maximum absolute atomic E-state index is 15.0. The quantitative estimate of drug-likeness (QED) is 0.279. The van der Waals surface area contributed by atoms with E-state index in [2.05, 4.69) is 18.4 Å². The monoisotopic (exact) mass is 600 g/mol. The number of benzene rings is 2. The van der Waals surface area contributed by atoms with Crippen LogP contribution in [-0.4, -0.2) is 23.3 Å². The molecule has 6 heteroatoms. The van der Waals surface area contributed by atoms with Crippen LogP contribution in [0.5, 0.6) is 5.75 Å². The Kier molecular flexibility index (Phi) is 12.4. The standard InChI is InChI=1S/C21H22FNO.C3H8NS.Re/c1-3-13-23-14-11-17-7-6-9-19(21(17)22)18-8-4-5-10-20(18)24-15-12-16(23)2;1-3(2)5-4;/h4-10,14H,1-3,11-13,15H2;3-4H,1-2H3;/q-2;-1;. The predicted molar refractivity (Wildman–Crippen MR) is 123 cm³/mol. The van der Waals surface area contributed by atoms with Gasteiger partial charge in [-0.2, -0.15) is 6.42 Å². The van der Waals surface area contributed by atoms with E-state index in [1.165, 1.54) is 0 Å². The number of rotatable bonds is 3. The molecule has 0 saturated heterocycles. The van der Waals surface area contributed by atoms with E-state index in [1.54, 1.807) is 6.07 Å². The van der Waals surface area contributed by atoms with Crippen molar-refractivity contribution in [3.05, 3.63) is 84.7 Å². The Labute approximate surface area is 199 Å². The normalized spacial score (nSPS) is 13.7. The molecule has 3 rings (SSSR count). The molecule has 165 valence electrons. The molecule has 1 N–H and O–H groups in total. The number of hydrogen-bond acceptors (Lipinski definition) is 3. The van der Waals surface area contributed by atoms with E-state index >= 15 is 4.39 Å². The molecule has 0 fully saturated rings. The Bertz CT molecular complexity index is 801. The minimum atomic E-state index is -0.189. The van der Waals surface area contributed by atoms with E-state index in [-0.39, 0.29) is 26.2 Å². The molecule has 2 aromatic rings. The summed E-state index contributed by atoms with van der Waals surface area (Å²) in [5.41, 5.74) is 3.01. The summed E-state index contributed by atoms with van der Waals surface area (Å²) in [6.07, 6.45) is 2.02. The predicted octanol–water partition coefficient (Wildman–Crippen LogP) is 7.11. The Hall–Kier alpha value is -1.32. The van der Waals surface area contributed by atoms with Crippen molar-refractivity contribution in [2.75, 3.05) is 13.2 Å². The van der Waals surface area contributed by atoms with Gasteiger partial charge in [0.2, 0.25) is 0 Å². The Morgan fingerprint density at radius 1 is 1.23 bits per heavy atom. The first kappa shape index (κ1) is 26.7. The first-order chi connectivity index (χ1) is 14.0. The van der Waals surface area contributed by atoms with Crippen molar-refractivity contribution in [3.63, 3.8) is 0 Å². The second-order valence-electron chi connectivity index (χ2n) is 7.04. The topological polar surface area (TPSA) is 36.3 Å². The molecule has 1 aliphatic rings. The molecule has 1 aliphatic heterocycles. The fourth-order valence-corrected chi connectivity index (χ4v) is 2.94. The second kappa shape index (κ2) is 13.9. The number of fused-ring (bicyclic) bond motifs is 4. The number of halogens is 1. The van der Waals surface area contributed by atoms with Crippen LogP contribution in [-0.2, 0) is 26.8 Å². The average molecular weight is 600 g/mol. The fourth-order valence-electron chi connectivity index (χ4n) is 2.94. The summed E-state index contributed by atoms with van der Waals surface area (Å²) < 4.78 is 20.9. The largest absolute Gasteiger partial charge is 0.621 e. The van der Waals surface area contributed by atoms with Gasteiger partial charge in [0.1, 0.15) is 11.6 Å². The van der Waals surface area contributed by atoms with Crippen LogP contribution in [0.4, 0.5) is 4.39 Å². The molecule has 2 aromatic carbocycles. The Morgan fingerprint density at radius 3 is 2.57 bits per heavy atom. The number of nitrogens with one attached hydrogen (secondary N) is 1. The summed E-state index contributed by atoms with van der Waals surface area (Å²) in [5.74, 6) is 0.514. The summed E-state index contributed by atoms with van der Waals surface area (Å²) in [6, 6.07) is 13.1. The third-order valence-corrected chi connectivity index (χ3v) is 4.95. The Morgan fingerprint density at radius 2 is 1.90 bits per heavy atom. The zero-order valence-corrected chi connectivity index (χ0v) is 21.2. The van der Waals surface area contributed by atoms with Crippen molar-refractivity contribution in [1.29, 1.82) is 0 Å². The van der Waals surface area contributed by atoms with Crippen molar-refractivity contribution in [1.82, 2.24) is 4.90 Å². The summed E-state index contributed by atoms with van der Waals surface area (Å²) >= 11 is 1.13. The summed E-state index contributed by atoms with van der Waals surface area (Å²) in [7, 11) is 0. The molecule has 1 heterocycles. The molecule has 0 unspecified atom stereocenters. The van der Waals surface area contributed by atoms with Gasteiger partial charge in [0.25, 0.3) is 0 Å². The van der Waals surface area contributed by atoms with Crippen LogP contribution in [0.1, 0.15) is 32.3 Å². The van der Waals surface area contributed by atoms with Crippen molar-refractivity contribution >= 4 is 11.9 Å². The number of ether oxygens (including phenoxy) is 1. The van der Waals surface area contributed by atoms with Crippen LogP contribution >= 0.6 is 11.9 Å². The summed E-state index contributed by atoms with van der Waals surface area (Å²) in [4.78, 5) is 2.07. The van der Waals surface area contributed by atoms with Crippen LogP contribution in [0.3, 0.4) is 0 Å². The van der Waals surface area contributed by atoms with Crippen molar-refractivity contribution < 1.29 is 29.6 Å². The van der Waals surface area contributed by atoms with Gasteiger partial charge in [0.15, 0.2) is 0 Å². The van der Waals surface area contributed by atoms with Crippen LogP contribution in [0.2, 0.25) is 0 Å². The maximum atomic E-state index is 15.0. The van der Waals surface area contributed by atoms with E-state index in [1.807, 2.05) is 56.8 Å². The summed E-state index contributed by atoms with van der Waals surface area (Å²) in [6.45, 7) is 15.3. The smallest absolute Gasteiger partial charge is 0.131 e. The molecule has 2 bridgehead atoms. The van der Waals surface area contributed by atoms with Gasteiger partial charge >= 0.3 is 0 Å². The molecular weight excluding hydrogens is 570 g/mol. The van der Waals surface area contributed by atoms with E-state index in [0.29, 0.717) is 35.2 Å². The number of para-hydroxylation sites is 1. The molecule has 0 aliphatic carbocycles. The first-order valence-electron chi connectivity index (χ1n) is 9.86. The van der Waals surface area contributed by atoms with Crippen LogP contribution in [0.15, 0.2) is 54.7 Å². The summed E-state index contributed by atoms with van der Waals surface area (Å²) in [5, 5.41) is 7.04. The van der Waals surface area contributed by atoms with Gasteiger partial charge in [-0.3, -0.25) is 11.9 Å². The van der Waals surface area contributed by atoms with E-state index < -0.39 is 0 Å². The maximum Gasteiger partial charge on any atom is 0.131 e. The third kappa shape index (κ3) is 7.74. The van der Waals surface area contributed by atoms with Gasteiger partial charge in [0.05, 0.1) is 6.61 Å². The molecular formula is C24H30FN2OReS-3. The molecule has 0 atom stereocenters. The molecule has 1 radical (unpaired) electrons. The Balaban J connectivity index is 0.000000674. The van der Waals surface area contributed by atoms with Crippen LogP contribution in [0, 0.1) is 19.3 Å². The molecule has 3 nitrogen and oxygen atoms in total. The molecule has 0 spiro atoms. The average Bonchev–Trinajstić information content (AvgIpc) is 2.72. The van der Waals surface area contributed by atoms with Gasteiger partial charge in [-0.25, -0.2) is 10.9 Å². The van der Waals surface area contributed by atoms with Crippen LogP contribution < -0.4 is 4.74 Å². The SMILES string of the molecule is C=C1CCOc2ccccc2-c2cccc(c2F)C[CH-]N1CC[CH2-].CC(C)S[NH-].[Re]. The number of hydrogen-bond donors (Lipinski definition) is 0. The van der Waals surface area contributed by atoms with Crippen molar-refractivity contribution in [2.45, 2.75) is 38.4 Å². The minimum absolute atomic E-state index is 0. The van der Waals surface area contributed by atoms with Gasteiger partial charge in [-0.05, 0) is 29.1 Å². The van der Waals surface area contributed by atoms with Crippen molar-refractivity contribution in [3.8, 4) is 16.9 Å². The van der Waals surface area contributed by atoms with Crippen molar-refractivity contribution in [2.24, 2.45) is 0 Å². The molecule has 0 aromatic heterocycles. The molecule has 0 amide bonds. The van der Waals surface area contributed by atoms with E-state index in [4.69, 9.17) is 9.88 Å². The minimum Gasteiger partial charge on any atom is -0.621 e. The fraction of sp³-hybridized carbons (Fsp3) is 0.333. The van der Waals surface area contributed by atoms with Gasteiger partial charge in [0, 0.05) is 38.0 Å². The van der Waals surface area contributed by atoms with Gasteiger partial charge in [-0.15, -0.1) is 6.42 Å². The first-order valence-corrected chi connectivity index (χ1v) is 10.7. The third-order valence-electron chi connectivity index (χ3n) is 4.48. The van der Waals surface area contributed by atoms with E-state index in [9.17, 15) is 0 Å². The molecule has 30 heavy (non-hydrogen) atoms. The second-order valence-corrected chi connectivity index (χ2v) is 8.22. The number of nitrogens with zero attached hydrogens (tertiary/aromatic N) is 1. The molecule has 0 saturated carbocycles. The van der Waals surface area contributed by atoms with E-state index in [0.717, 1.165) is 42.6 Å². The zero-order chi connectivity index (χ0) is 21.2. The van der Waals surface area contributed by atoms with Gasteiger partial charge in [-0.1, -0.05) is 56.8 Å². The van der Waals surface area contributed by atoms with Crippen LogP contribution in [0.25, 0.3) is 16.3 Å².